The monoisotopic (exact) mass is 272 g/mol. The van der Waals surface area contributed by atoms with Crippen molar-refractivity contribution in [3.63, 3.8) is 0 Å². The van der Waals surface area contributed by atoms with Gasteiger partial charge in [0.25, 0.3) is 0 Å². The largest absolute Gasteiger partial charge is 0.493 e. The molecule has 1 aliphatic heterocycles. The second kappa shape index (κ2) is 6.76. The van der Waals surface area contributed by atoms with Gasteiger partial charge < -0.3 is 9.64 Å². The number of nitrogens with zero attached hydrogens (tertiary/aromatic N) is 2. The molecule has 2 atom stereocenters. The molecular formula is C17H24N2O. The van der Waals surface area contributed by atoms with Crippen molar-refractivity contribution in [2.75, 3.05) is 26.2 Å². The topological polar surface area (TPSA) is 36.3 Å². The zero-order valence-corrected chi connectivity index (χ0v) is 12.7. The highest BCUT2D eigenvalue weighted by molar-refractivity contribution is 5.42. The fourth-order valence-corrected chi connectivity index (χ4v) is 2.87. The Balaban J connectivity index is 1.91. The van der Waals surface area contributed by atoms with Crippen molar-refractivity contribution in [1.29, 1.82) is 5.26 Å². The Morgan fingerprint density at radius 1 is 1.40 bits per heavy atom. The molecule has 1 heterocycles. The predicted molar refractivity (Wildman–Crippen MR) is 80.8 cm³/mol. The van der Waals surface area contributed by atoms with Gasteiger partial charge in [-0.2, -0.15) is 5.26 Å². The van der Waals surface area contributed by atoms with Gasteiger partial charge in [0.05, 0.1) is 18.2 Å². The van der Waals surface area contributed by atoms with Gasteiger partial charge in [0, 0.05) is 19.0 Å². The molecule has 0 aromatic heterocycles. The van der Waals surface area contributed by atoms with Crippen LogP contribution in [0.1, 0.15) is 31.4 Å². The minimum absolute atomic E-state index is 0.591. The van der Waals surface area contributed by atoms with E-state index in [2.05, 4.69) is 24.8 Å². The lowest BCUT2D eigenvalue weighted by atomic mass is 9.99. The van der Waals surface area contributed by atoms with Crippen LogP contribution in [-0.2, 0) is 0 Å². The number of nitriles is 1. The highest BCUT2D eigenvalue weighted by Gasteiger charge is 2.29. The number of likely N-dealkylation sites (tertiary alicyclic amines) is 1. The third-order valence-electron chi connectivity index (χ3n) is 4.18. The molecule has 0 amide bonds. The van der Waals surface area contributed by atoms with Gasteiger partial charge in [-0.3, -0.25) is 0 Å². The summed E-state index contributed by atoms with van der Waals surface area (Å²) in [6.07, 6.45) is 1.21. The van der Waals surface area contributed by atoms with E-state index in [1.54, 1.807) is 0 Å². The predicted octanol–water partition coefficient (Wildman–Crippen LogP) is 3.22. The lowest BCUT2D eigenvalue weighted by Crippen LogP contribution is -2.23. The third-order valence-corrected chi connectivity index (χ3v) is 4.18. The number of benzene rings is 1. The molecular weight excluding hydrogens is 248 g/mol. The molecule has 0 spiro atoms. The zero-order valence-electron chi connectivity index (χ0n) is 12.7. The average molecular weight is 272 g/mol. The van der Waals surface area contributed by atoms with Crippen molar-refractivity contribution in [2.24, 2.45) is 11.8 Å². The molecule has 2 rings (SSSR count). The van der Waals surface area contributed by atoms with E-state index < -0.39 is 0 Å². The Hall–Kier alpha value is -1.53. The van der Waals surface area contributed by atoms with Gasteiger partial charge in [0.1, 0.15) is 5.75 Å². The van der Waals surface area contributed by atoms with Gasteiger partial charge in [-0.25, -0.2) is 0 Å². The van der Waals surface area contributed by atoms with E-state index >= 15 is 0 Å². The SMILES string of the molecule is CCCN1CC(C)C(COc2ccc(C)c(C#N)c2)C1. The lowest BCUT2D eigenvalue weighted by molar-refractivity contribution is 0.225. The highest BCUT2D eigenvalue weighted by Crippen LogP contribution is 2.25. The smallest absolute Gasteiger partial charge is 0.120 e. The van der Waals surface area contributed by atoms with Crippen LogP contribution in [-0.4, -0.2) is 31.1 Å². The van der Waals surface area contributed by atoms with E-state index in [0.717, 1.165) is 24.5 Å². The standard InChI is InChI=1S/C17H24N2O/c1-4-7-19-10-14(3)16(11-19)12-20-17-6-5-13(2)15(8-17)9-18/h5-6,8,14,16H,4,7,10-12H2,1-3H3. The average Bonchev–Trinajstić information content (AvgIpc) is 2.78. The van der Waals surface area contributed by atoms with E-state index in [9.17, 15) is 0 Å². The molecule has 0 N–H and O–H groups in total. The summed E-state index contributed by atoms with van der Waals surface area (Å²) in [5.74, 6) is 2.09. The third kappa shape index (κ3) is 3.52. The quantitative estimate of drug-likeness (QED) is 0.825. The van der Waals surface area contributed by atoms with Crippen LogP contribution in [0.15, 0.2) is 18.2 Å². The van der Waals surface area contributed by atoms with Crippen LogP contribution in [0.3, 0.4) is 0 Å². The molecule has 0 saturated carbocycles. The van der Waals surface area contributed by atoms with E-state index in [4.69, 9.17) is 10.00 Å². The van der Waals surface area contributed by atoms with Gasteiger partial charge >= 0.3 is 0 Å². The maximum absolute atomic E-state index is 9.05. The Morgan fingerprint density at radius 2 is 2.20 bits per heavy atom. The summed E-state index contributed by atoms with van der Waals surface area (Å²) in [6.45, 7) is 10.7. The highest BCUT2D eigenvalue weighted by atomic mass is 16.5. The van der Waals surface area contributed by atoms with Gasteiger partial charge in [-0.05, 0) is 43.5 Å². The normalized spacial score (nSPS) is 22.7. The van der Waals surface area contributed by atoms with Crippen LogP contribution in [0.5, 0.6) is 5.75 Å². The number of hydrogen-bond donors (Lipinski definition) is 0. The van der Waals surface area contributed by atoms with Crippen molar-refractivity contribution < 1.29 is 4.74 Å². The fraction of sp³-hybridized carbons (Fsp3) is 0.588. The Morgan fingerprint density at radius 3 is 2.90 bits per heavy atom. The van der Waals surface area contributed by atoms with E-state index in [1.807, 2.05) is 25.1 Å². The molecule has 1 aliphatic rings. The van der Waals surface area contributed by atoms with Crippen molar-refractivity contribution in [3.8, 4) is 11.8 Å². The maximum atomic E-state index is 9.05. The lowest BCUT2D eigenvalue weighted by Gasteiger charge is -2.16. The molecule has 3 nitrogen and oxygen atoms in total. The first-order valence-corrected chi connectivity index (χ1v) is 7.50. The second-order valence-corrected chi connectivity index (χ2v) is 5.90. The second-order valence-electron chi connectivity index (χ2n) is 5.90. The molecule has 20 heavy (non-hydrogen) atoms. The molecule has 0 bridgehead atoms. The summed E-state index contributed by atoms with van der Waals surface area (Å²) in [5.41, 5.74) is 1.71. The van der Waals surface area contributed by atoms with Crippen molar-refractivity contribution in [3.05, 3.63) is 29.3 Å². The fourth-order valence-electron chi connectivity index (χ4n) is 2.87. The van der Waals surface area contributed by atoms with Crippen LogP contribution in [0.25, 0.3) is 0 Å². The van der Waals surface area contributed by atoms with Crippen LogP contribution in [0.4, 0.5) is 0 Å². The first-order chi connectivity index (χ1) is 9.63. The molecule has 3 heteroatoms. The first kappa shape index (κ1) is 14.9. The molecule has 1 saturated heterocycles. The summed E-state index contributed by atoms with van der Waals surface area (Å²) >= 11 is 0. The number of rotatable bonds is 5. The van der Waals surface area contributed by atoms with Gasteiger partial charge in [0.2, 0.25) is 0 Å². The van der Waals surface area contributed by atoms with E-state index in [0.29, 0.717) is 17.4 Å². The summed E-state index contributed by atoms with van der Waals surface area (Å²) in [7, 11) is 0. The number of aryl methyl sites for hydroxylation is 1. The maximum Gasteiger partial charge on any atom is 0.120 e. The van der Waals surface area contributed by atoms with Gasteiger partial charge in [-0.1, -0.05) is 19.9 Å². The summed E-state index contributed by atoms with van der Waals surface area (Å²) in [4.78, 5) is 2.52. The minimum Gasteiger partial charge on any atom is -0.493 e. The molecule has 0 aliphatic carbocycles. The Bertz CT molecular complexity index is 492. The molecule has 1 aromatic rings. The van der Waals surface area contributed by atoms with Crippen LogP contribution < -0.4 is 4.74 Å². The molecule has 0 radical (unpaired) electrons. The van der Waals surface area contributed by atoms with Crippen LogP contribution in [0.2, 0.25) is 0 Å². The van der Waals surface area contributed by atoms with E-state index in [1.165, 1.54) is 19.5 Å². The van der Waals surface area contributed by atoms with E-state index in [-0.39, 0.29) is 0 Å². The molecule has 2 unspecified atom stereocenters. The summed E-state index contributed by atoms with van der Waals surface area (Å²) in [6, 6.07) is 7.97. The first-order valence-electron chi connectivity index (χ1n) is 7.50. The molecule has 1 fully saturated rings. The van der Waals surface area contributed by atoms with Crippen LogP contribution in [0, 0.1) is 30.1 Å². The summed E-state index contributed by atoms with van der Waals surface area (Å²) < 4.78 is 5.91. The molecule has 108 valence electrons. The minimum atomic E-state index is 0.591. The van der Waals surface area contributed by atoms with Gasteiger partial charge in [-0.15, -0.1) is 0 Å². The Labute approximate surface area is 122 Å². The zero-order chi connectivity index (χ0) is 14.5. The number of ether oxygens (including phenoxy) is 1. The Kier molecular flexibility index (Phi) is 5.03. The number of hydrogen-bond acceptors (Lipinski definition) is 3. The van der Waals surface area contributed by atoms with Crippen molar-refractivity contribution in [1.82, 2.24) is 4.90 Å². The van der Waals surface area contributed by atoms with Crippen LogP contribution >= 0.6 is 0 Å². The van der Waals surface area contributed by atoms with Crippen molar-refractivity contribution in [2.45, 2.75) is 27.2 Å². The molecule has 1 aromatic carbocycles. The van der Waals surface area contributed by atoms with Crippen molar-refractivity contribution >= 4 is 0 Å². The summed E-state index contributed by atoms with van der Waals surface area (Å²) in [5, 5.41) is 9.05. The van der Waals surface area contributed by atoms with Gasteiger partial charge in [0.15, 0.2) is 0 Å².